The molecule has 1 fully saturated rings. The van der Waals surface area contributed by atoms with Gasteiger partial charge in [0, 0.05) is 25.6 Å². The van der Waals surface area contributed by atoms with Gasteiger partial charge in [-0.3, -0.25) is 0 Å². The van der Waals surface area contributed by atoms with Gasteiger partial charge in [0.25, 0.3) is 0 Å². The molecular formula is C12H13F2N3O. The summed E-state index contributed by atoms with van der Waals surface area (Å²) in [5.74, 6) is -0.635. The Morgan fingerprint density at radius 1 is 1.39 bits per heavy atom. The minimum absolute atomic E-state index is 0.0206. The Labute approximate surface area is 102 Å². The van der Waals surface area contributed by atoms with Gasteiger partial charge in [-0.1, -0.05) is 0 Å². The van der Waals surface area contributed by atoms with Crippen LogP contribution in [0.15, 0.2) is 12.1 Å². The molecule has 0 saturated carbocycles. The van der Waals surface area contributed by atoms with E-state index in [1.807, 2.05) is 0 Å². The smallest absolute Gasteiger partial charge is 0.153 e. The van der Waals surface area contributed by atoms with Crippen LogP contribution in [0.4, 0.5) is 8.78 Å². The minimum Gasteiger partial charge on any atom is -0.375 e. The van der Waals surface area contributed by atoms with Crippen molar-refractivity contribution < 1.29 is 13.5 Å². The van der Waals surface area contributed by atoms with Crippen molar-refractivity contribution in [3.05, 3.63) is 29.6 Å². The zero-order chi connectivity index (χ0) is 12.5. The summed E-state index contributed by atoms with van der Waals surface area (Å²) in [5.41, 5.74) is 0.557. The van der Waals surface area contributed by atoms with Crippen molar-refractivity contribution in [2.45, 2.75) is 12.5 Å². The fourth-order valence-electron chi connectivity index (χ4n) is 2.16. The van der Waals surface area contributed by atoms with Gasteiger partial charge in [0.15, 0.2) is 5.82 Å². The standard InChI is InChI=1S/C12H13F2N3O/c13-7-3-9(14)12-10(4-7)16-11(17-12)5-8-6-15-1-2-18-8/h3-4,8,15H,1-2,5-6H2,(H,16,17). The lowest BCUT2D eigenvalue weighted by atomic mass is 10.2. The second-order valence-corrected chi connectivity index (χ2v) is 4.37. The topological polar surface area (TPSA) is 49.9 Å². The first-order chi connectivity index (χ1) is 8.72. The zero-order valence-corrected chi connectivity index (χ0v) is 9.67. The molecule has 0 amide bonds. The van der Waals surface area contributed by atoms with Crippen LogP contribution in [0, 0.1) is 11.6 Å². The van der Waals surface area contributed by atoms with Gasteiger partial charge in [0.2, 0.25) is 0 Å². The highest BCUT2D eigenvalue weighted by Gasteiger charge is 2.17. The molecule has 0 aliphatic carbocycles. The number of nitrogens with one attached hydrogen (secondary N) is 2. The van der Waals surface area contributed by atoms with Crippen molar-refractivity contribution in [3.63, 3.8) is 0 Å². The summed E-state index contributed by atoms with van der Waals surface area (Å²) in [6, 6.07) is 2.08. The van der Waals surface area contributed by atoms with E-state index < -0.39 is 11.6 Å². The van der Waals surface area contributed by atoms with Crippen molar-refractivity contribution in [2.24, 2.45) is 0 Å². The summed E-state index contributed by atoms with van der Waals surface area (Å²) in [6.45, 7) is 2.25. The maximum atomic E-state index is 13.5. The normalized spacial score (nSPS) is 20.4. The van der Waals surface area contributed by atoms with E-state index in [0.29, 0.717) is 24.4 Å². The van der Waals surface area contributed by atoms with Crippen LogP contribution in [0.1, 0.15) is 5.82 Å². The van der Waals surface area contributed by atoms with E-state index in [1.54, 1.807) is 0 Å². The molecular weight excluding hydrogens is 240 g/mol. The molecule has 0 bridgehead atoms. The maximum absolute atomic E-state index is 13.5. The van der Waals surface area contributed by atoms with E-state index in [9.17, 15) is 8.78 Å². The third-order valence-electron chi connectivity index (χ3n) is 2.98. The average molecular weight is 253 g/mol. The van der Waals surface area contributed by atoms with Gasteiger partial charge in [-0.25, -0.2) is 13.8 Å². The molecule has 2 N–H and O–H groups in total. The number of fused-ring (bicyclic) bond motifs is 1. The molecule has 1 aliphatic rings. The van der Waals surface area contributed by atoms with E-state index in [0.717, 1.165) is 19.2 Å². The quantitative estimate of drug-likeness (QED) is 0.850. The third-order valence-corrected chi connectivity index (χ3v) is 2.98. The number of imidazole rings is 1. The lowest BCUT2D eigenvalue weighted by Gasteiger charge is -2.22. The molecule has 2 aromatic rings. The highest BCUT2D eigenvalue weighted by atomic mass is 19.1. The first kappa shape index (κ1) is 11.6. The van der Waals surface area contributed by atoms with Gasteiger partial charge in [-0.15, -0.1) is 0 Å². The first-order valence-electron chi connectivity index (χ1n) is 5.88. The van der Waals surface area contributed by atoms with Gasteiger partial charge < -0.3 is 15.0 Å². The fourth-order valence-corrected chi connectivity index (χ4v) is 2.16. The molecule has 1 atom stereocenters. The Balaban J connectivity index is 1.86. The Bertz CT molecular complexity index is 564. The molecule has 0 spiro atoms. The SMILES string of the molecule is Fc1cc(F)c2nc(CC3CNCCO3)[nH]c2c1. The van der Waals surface area contributed by atoms with E-state index in [4.69, 9.17) is 4.74 Å². The number of benzene rings is 1. The van der Waals surface area contributed by atoms with E-state index >= 15 is 0 Å². The predicted octanol–water partition coefficient (Wildman–Crippen LogP) is 1.37. The van der Waals surface area contributed by atoms with Gasteiger partial charge in [0.1, 0.15) is 17.2 Å². The van der Waals surface area contributed by atoms with Crippen molar-refractivity contribution in [2.75, 3.05) is 19.7 Å². The van der Waals surface area contributed by atoms with Crippen molar-refractivity contribution in [1.29, 1.82) is 0 Å². The number of rotatable bonds is 2. The number of hydrogen-bond acceptors (Lipinski definition) is 3. The van der Waals surface area contributed by atoms with Gasteiger partial charge in [-0.2, -0.15) is 0 Å². The second-order valence-electron chi connectivity index (χ2n) is 4.37. The number of aromatic nitrogens is 2. The van der Waals surface area contributed by atoms with Crippen LogP contribution >= 0.6 is 0 Å². The summed E-state index contributed by atoms with van der Waals surface area (Å²) in [7, 11) is 0. The summed E-state index contributed by atoms with van der Waals surface area (Å²) in [5, 5.41) is 3.21. The lowest BCUT2D eigenvalue weighted by molar-refractivity contribution is 0.0282. The predicted molar refractivity (Wildman–Crippen MR) is 62.3 cm³/mol. The van der Waals surface area contributed by atoms with Crippen LogP contribution in [0.5, 0.6) is 0 Å². The van der Waals surface area contributed by atoms with Crippen LogP contribution in [0.2, 0.25) is 0 Å². The van der Waals surface area contributed by atoms with Crippen molar-refractivity contribution >= 4 is 11.0 Å². The monoisotopic (exact) mass is 253 g/mol. The Morgan fingerprint density at radius 2 is 2.28 bits per heavy atom. The highest BCUT2D eigenvalue weighted by Crippen LogP contribution is 2.18. The fraction of sp³-hybridized carbons (Fsp3) is 0.417. The summed E-state index contributed by atoms with van der Waals surface area (Å²) < 4.78 is 32.1. The van der Waals surface area contributed by atoms with E-state index in [1.165, 1.54) is 6.07 Å². The van der Waals surface area contributed by atoms with Gasteiger partial charge >= 0.3 is 0 Å². The molecule has 1 aromatic carbocycles. The van der Waals surface area contributed by atoms with Crippen molar-refractivity contribution in [1.82, 2.24) is 15.3 Å². The minimum atomic E-state index is -0.643. The molecule has 1 saturated heterocycles. The Kier molecular flexibility index (Phi) is 2.97. The molecule has 0 radical (unpaired) electrons. The van der Waals surface area contributed by atoms with E-state index in [-0.39, 0.29) is 11.6 Å². The second kappa shape index (κ2) is 4.62. The number of hydrogen-bond donors (Lipinski definition) is 2. The lowest BCUT2D eigenvalue weighted by Crippen LogP contribution is -2.39. The van der Waals surface area contributed by atoms with Crippen molar-refractivity contribution in [3.8, 4) is 0 Å². The highest BCUT2D eigenvalue weighted by molar-refractivity contribution is 5.75. The van der Waals surface area contributed by atoms with Gasteiger partial charge in [-0.05, 0) is 6.07 Å². The summed E-state index contributed by atoms with van der Waals surface area (Å²) in [4.78, 5) is 7.07. The summed E-state index contributed by atoms with van der Waals surface area (Å²) in [6.07, 6.45) is 0.579. The number of nitrogens with zero attached hydrogens (tertiary/aromatic N) is 1. The molecule has 4 nitrogen and oxygen atoms in total. The number of aromatic amines is 1. The molecule has 2 heterocycles. The number of ether oxygens (including phenoxy) is 1. The number of H-pyrrole nitrogens is 1. The third kappa shape index (κ3) is 2.21. The van der Waals surface area contributed by atoms with Crippen LogP contribution in [-0.4, -0.2) is 35.8 Å². The Hall–Kier alpha value is -1.53. The number of morpholine rings is 1. The molecule has 1 aliphatic heterocycles. The molecule has 18 heavy (non-hydrogen) atoms. The number of halogens is 2. The average Bonchev–Trinajstić information content (AvgIpc) is 2.73. The largest absolute Gasteiger partial charge is 0.375 e. The molecule has 1 unspecified atom stereocenters. The molecule has 6 heteroatoms. The van der Waals surface area contributed by atoms with Crippen LogP contribution in [0.3, 0.4) is 0 Å². The van der Waals surface area contributed by atoms with Crippen LogP contribution in [0.25, 0.3) is 11.0 Å². The van der Waals surface area contributed by atoms with Crippen LogP contribution < -0.4 is 5.32 Å². The van der Waals surface area contributed by atoms with Crippen LogP contribution in [-0.2, 0) is 11.2 Å². The molecule has 96 valence electrons. The summed E-state index contributed by atoms with van der Waals surface area (Å²) >= 11 is 0. The Morgan fingerprint density at radius 3 is 3.06 bits per heavy atom. The first-order valence-corrected chi connectivity index (χ1v) is 5.88. The van der Waals surface area contributed by atoms with Gasteiger partial charge in [0.05, 0.1) is 18.2 Å². The van der Waals surface area contributed by atoms with E-state index in [2.05, 4.69) is 15.3 Å². The molecule has 1 aromatic heterocycles. The maximum Gasteiger partial charge on any atom is 0.153 e. The zero-order valence-electron chi connectivity index (χ0n) is 9.67. The molecule has 3 rings (SSSR count).